The molecule has 0 aromatic carbocycles. The summed E-state index contributed by atoms with van der Waals surface area (Å²) < 4.78 is 10.8. The zero-order valence-electron chi connectivity index (χ0n) is 10.1. The molecule has 0 radical (unpaired) electrons. The van der Waals surface area contributed by atoms with E-state index in [4.69, 9.17) is 14.7 Å². The maximum atomic E-state index is 9.10. The van der Waals surface area contributed by atoms with Crippen molar-refractivity contribution in [2.24, 2.45) is 5.92 Å². The molecule has 2 aliphatic rings. The van der Waals surface area contributed by atoms with Gasteiger partial charge in [-0.05, 0) is 12.8 Å². The van der Waals surface area contributed by atoms with Crippen LogP contribution in [0.5, 0.6) is 0 Å². The molecule has 1 heterocycles. The Morgan fingerprint density at radius 3 is 2.25 bits per heavy atom. The highest BCUT2D eigenvalue weighted by molar-refractivity contribution is 5.01. The highest BCUT2D eigenvalue weighted by Gasteiger charge is 2.40. The summed E-state index contributed by atoms with van der Waals surface area (Å²) in [5, 5.41) is 9.10. The summed E-state index contributed by atoms with van der Waals surface area (Å²) in [5.41, 5.74) is 0. The predicted molar refractivity (Wildman–Crippen MR) is 59.9 cm³/mol. The molecular formula is C12H20N2O2. The monoisotopic (exact) mass is 224 g/mol. The fraction of sp³-hybridized carbons (Fsp3) is 0.917. The molecule has 1 saturated carbocycles. The summed E-state index contributed by atoms with van der Waals surface area (Å²) in [7, 11) is 3.47. The van der Waals surface area contributed by atoms with Crippen LogP contribution in [-0.4, -0.2) is 50.5 Å². The zero-order valence-corrected chi connectivity index (χ0v) is 10.1. The minimum atomic E-state index is 0.157. The molecule has 1 aliphatic heterocycles. The molecule has 1 saturated heterocycles. The third kappa shape index (κ3) is 2.08. The molecule has 4 unspecified atom stereocenters. The van der Waals surface area contributed by atoms with Gasteiger partial charge in [-0.1, -0.05) is 6.42 Å². The van der Waals surface area contributed by atoms with E-state index in [0.717, 1.165) is 25.9 Å². The summed E-state index contributed by atoms with van der Waals surface area (Å²) in [4.78, 5) is 2.38. The lowest BCUT2D eigenvalue weighted by atomic mass is 10.0. The smallest absolute Gasteiger partial charge is 0.0971 e. The fourth-order valence-electron chi connectivity index (χ4n) is 3.02. The van der Waals surface area contributed by atoms with E-state index in [1.54, 1.807) is 14.2 Å². The summed E-state index contributed by atoms with van der Waals surface area (Å²) >= 11 is 0. The second-order valence-electron chi connectivity index (χ2n) is 4.74. The SMILES string of the molecule is COC1CN(C2CCCC2C#N)CC1OC. The Kier molecular flexibility index (Phi) is 3.80. The standard InChI is InChI=1S/C12H20N2O2/c1-15-11-7-14(8-12(11)16-2)10-5-3-4-9(10)6-13/h9-12H,3-5,7-8H2,1-2H3. The summed E-state index contributed by atoms with van der Waals surface area (Å²) in [6, 6.07) is 2.85. The maximum Gasteiger partial charge on any atom is 0.0971 e. The molecule has 4 atom stereocenters. The molecule has 0 aromatic rings. The molecule has 4 nitrogen and oxygen atoms in total. The highest BCUT2D eigenvalue weighted by atomic mass is 16.5. The number of hydrogen-bond donors (Lipinski definition) is 0. The van der Waals surface area contributed by atoms with Gasteiger partial charge in [-0.2, -0.15) is 5.26 Å². The number of rotatable bonds is 3. The largest absolute Gasteiger partial charge is 0.377 e. The molecular weight excluding hydrogens is 204 g/mol. The van der Waals surface area contributed by atoms with Gasteiger partial charge >= 0.3 is 0 Å². The van der Waals surface area contributed by atoms with Crippen molar-refractivity contribution in [1.29, 1.82) is 5.26 Å². The van der Waals surface area contributed by atoms with Crippen LogP contribution >= 0.6 is 0 Å². The molecule has 0 spiro atoms. The average Bonchev–Trinajstić information content (AvgIpc) is 2.93. The minimum absolute atomic E-state index is 0.157. The Hall–Kier alpha value is -0.630. The first-order chi connectivity index (χ1) is 7.80. The van der Waals surface area contributed by atoms with Crippen molar-refractivity contribution in [3.8, 4) is 6.07 Å². The Balaban J connectivity index is 1.99. The Labute approximate surface area is 97.1 Å². The lowest BCUT2D eigenvalue weighted by Crippen LogP contribution is -2.36. The van der Waals surface area contributed by atoms with Crippen molar-refractivity contribution < 1.29 is 9.47 Å². The number of nitriles is 1. The van der Waals surface area contributed by atoms with Gasteiger partial charge in [0.15, 0.2) is 0 Å². The Morgan fingerprint density at radius 1 is 1.12 bits per heavy atom. The summed E-state index contributed by atoms with van der Waals surface area (Å²) in [5.74, 6) is 0.202. The molecule has 1 aliphatic carbocycles. The van der Waals surface area contributed by atoms with Crippen molar-refractivity contribution in [2.45, 2.75) is 37.5 Å². The molecule has 90 valence electrons. The fourth-order valence-corrected chi connectivity index (χ4v) is 3.02. The van der Waals surface area contributed by atoms with E-state index >= 15 is 0 Å². The van der Waals surface area contributed by atoms with Gasteiger partial charge in [0.25, 0.3) is 0 Å². The van der Waals surface area contributed by atoms with Crippen LogP contribution in [0.1, 0.15) is 19.3 Å². The first-order valence-corrected chi connectivity index (χ1v) is 5.99. The first kappa shape index (κ1) is 11.8. The van der Waals surface area contributed by atoms with E-state index in [-0.39, 0.29) is 18.1 Å². The van der Waals surface area contributed by atoms with Crippen LogP contribution < -0.4 is 0 Å². The van der Waals surface area contributed by atoms with Crippen LogP contribution in [0.15, 0.2) is 0 Å². The highest BCUT2D eigenvalue weighted by Crippen LogP contribution is 2.32. The van der Waals surface area contributed by atoms with Gasteiger partial charge in [0.2, 0.25) is 0 Å². The van der Waals surface area contributed by atoms with E-state index in [1.165, 1.54) is 6.42 Å². The number of nitrogens with zero attached hydrogens (tertiary/aromatic N) is 2. The van der Waals surface area contributed by atoms with E-state index in [2.05, 4.69) is 11.0 Å². The predicted octanol–water partition coefficient (Wildman–Crippen LogP) is 1.02. The van der Waals surface area contributed by atoms with Crippen molar-refractivity contribution in [3.05, 3.63) is 0 Å². The van der Waals surface area contributed by atoms with E-state index < -0.39 is 0 Å². The molecule has 16 heavy (non-hydrogen) atoms. The van der Waals surface area contributed by atoms with Crippen molar-refractivity contribution >= 4 is 0 Å². The third-order valence-electron chi connectivity index (χ3n) is 3.96. The van der Waals surface area contributed by atoms with Gasteiger partial charge in [-0.25, -0.2) is 0 Å². The lowest BCUT2D eigenvalue weighted by molar-refractivity contribution is -0.00461. The van der Waals surface area contributed by atoms with Gasteiger partial charge in [0.05, 0.1) is 24.2 Å². The van der Waals surface area contributed by atoms with Gasteiger partial charge < -0.3 is 9.47 Å². The van der Waals surface area contributed by atoms with Crippen LogP contribution in [0.2, 0.25) is 0 Å². The lowest BCUT2D eigenvalue weighted by Gasteiger charge is -2.25. The van der Waals surface area contributed by atoms with Crippen molar-refractivity contribution in [3.63, 3.8) is 0 Å². The number of ether oxygens (including phenoxy) is 2. The minimum Gasteiger partial charge on any atom is -0.377 e. The van der Waals surface area contributed by atoms with Gasteiger partial charge in [-0.3, -0.25) is 4.90 Å². The van der Waals surface area contributed by atoms with Gasteiger partial charge in [0, 0.05) is 33.4 Å². The van der Waals surface area contributed by atoms with E-state index in [9.17, 15) is 0 Å². The van der Waals surface area contributed by atoms with Crippen molar-refractivity contribution in [2.75, 3.05) is 27.3 Å². The second-order valence-corrected chi connectivity index (χ2v) is 4.74. The van der Waals surface area contributed by atoms with E-state index in [1.807, 2.05) is 0 Å². The number of hydrogen-bond acceptors (Lipinski definition) is 4. The van der Waals surface area contributed by atoms with Crippen LogP contribution in [0, 0.1) is 17.2 Å². The summed E-state index contributed by atoms with van der Waals surface area (Å²) in [6.07, 6.45) is 3.68. The first-order valence-electron chi connectivity index (χ1n) is 5.99. The molecule has 4 heteroatoms. The van der Waals surface area contributed by atoms with Crippen LogP contribution in [0.25, 0.3) is 0 Å². The average molecular weight is 224 g/mol. The number of likely N-dealkylation sites (tertiary alicyclic amines) is 1. The molecule has 0 amide bonds. The molecule has 0 N–H and O–H groups in total. The van der Waals surface area contributed by atoms with Gasteiger partial charge in [-0.15, -0.1) is 0 Å². The van der Waals surface area contributed by atoms with Crippen LogP contribution in [-0.2, 0) is 9.47 Å². The molecule has 0 bridgehead atoms. The van der Waals surface area contributed by atoms with E-state index in [0.29, 0.717) is 6.04 Å². The molecule has 2 fully saturated rings. The molecule has 2 rings (SSSR count). The summed E-state index contributed by atoms with van der Waals surface area (Å²) in [6.45, 7) is 1.80. The topological polar surface area (TPSA) is 45.5 Å². The quantitative estimate of drug-likeness (QED) is 0.718. The Morgan fingerprint density at radius 2 is 1.75 bits per heavy atom. The van der Waals surface area contributed by atoms with Crippen LogP contribution in [0.4, 0.5) is 0 Å². The number of methoxy groups -OCH3 is 2. The second kappa shape index (κ2) is 5.13. The maximum absolute atomic E-state index is 9.10. The van der Waals surface area contributed by atoms with Crippen LogP contribution in [0.3, 0.4) is 0 Å². The zero-order chi connectivity index (χ0) is 11.5. The third-order valence-corrected chi connectivity index (χ3v) is 3.96. The van der Waals surface area contributed by atoms with Gasteiger partial charge in [0.1, 0.15) is 0 Å². The Bertz CT molecular complexity index is 265. The normalized spacial score (nSPS) is 40.1. The van der Waals surface area contributed by atoms with Crippen molar-refractivity contribution in [1.82, 2.24) is 4.90 Å². The molecule has 0 aromatic heterocycles.